The normalized spacial score (nSPS) is 25.2. The van der Waals surface area contributed by atoms with Crippen LogP contribution in [0.15, 0.2) is 17.6 Å². The molecule has 3 rings (SSSR count). The van der Waals surface area contributed by atoms with E-state index in [4.69, 9.17) is 5.11 Å². The van der Waals surface area contributed by atoms with Crippen LogP contribution in [-0.4, -0.2) is 22.1 Å². The lowest BCUT2D eigenvalue weighted by Gasteiger charge is -2.28. The number of hydrogen-bond donors (Lipinski definition) is 3. The second-order valence-electron chi connectivity index (χ2n) is 4.45. The van der Waals surface area contributed by atoms with Crippen molar-refractivity contribution in [2.24, 2.45) is 0 Å². The standard InChI is InChI=1S/C12H14N2O2S/c15-12(16)10-3-1-2-9(14-10)8-6-13-11-7(8)4-5-17-11/h4-6,9-10,13-14H,1-3H2,(H,15,16). The summed E-state index contributed by atoms with van der Waals surface area (Å²) >= 11 is 1.68. The van der Waals surface area contributed by atoms with E-state index in [1.54, 1.807) is 11.3 Å². The van der Waals surface area contributed by atoms with Gasteiger partial charge in [-0.05, 0) is 36.3 Å². The van der Waals surface area contributed by atoms with Gasteiger partial charge in [0, 0.05) is 17.6 Å². The third-order valence-electron chi connectivity index (χ3n) is 3.40. The van der Waals surface area contributed by atoms with E-state index in [-0.39, 0.29) is 6.04 Å². The summed E-state index contributed by atoms with van der Waals surface area (Å²) in [7, 11) is 0. The van der Waals surface area contributed by atoms with Crippen molar-refractivity contribution in [2.45, 2.75) is 31.3 Å². The van der Waals surface area contributed by atoms with E-state index >= 15 is 0 Å². The Hall–Kier alpha value is -1.33. The van der Waals surface area contributed by atoms with Crippen molar-refractivity contribution in [1.29, 1.82) is 0 Å². The van der Waals surface area contributed by atoms with Gasteiger partial charge in [-0.1, -0.05) is 0 Å². The maximum Gasteiger partial charge on any atom is 0.320 e. The van der Waals surface area contributed by atoms with Crippen molar-refractivity contribution in [3.8, 4) is 0 Å². The fraction of sp³-hybridized carbons (Fsp3) is 0.417. The van der Waals surface area contributed by atoms with Gasteiger partial charge in [0.2, 0.25) is 0 Å². The molecule has 3 N–H and O–H groups in total. The Morgan fingerprint density at radius 3 is 3.18 bits per heavy atom. The van der Waals surface area contributed by atoms with E-state index in [2.05, 4.69) is 21.7 Å². The van der Waals surface area contributed by atoms with Crippen LogP contribution in [0.25, 0.3) is 10.2 Å². The van der Waals surface area contributed by atoms with E-state index in [9.17, 15) is 4.79 Å². The third kappa shape index (κ3) is 1.85. The van der Waals surface area contributed by atoms with Gasteiger partial charge in [-0.3, -0.25) is 10.1 Å². The second kappa shape index (κ2) is 4.16. The van der Waals surface area contributed by atoms with Crippen molar-refractivity contribution in [3.05, 3.63) is 23.2 Å². The highest BCUT2D eigenvalue weighted by molar-refractivity contribution is 7.16. The third-order valence-corrected chi connectivity index (χ3v) is 4.24. The number of aromatic amines is 1. The number of thiophene rings is 1. The van der Waals surface area contributed by atoms with Crippen molar-refractivity contribution < 1.29 is 9.90 Å². The van der Waals surface area contributed by atoms with Crippen molar-refractivity contribution in [2.75, 3.05) is 0 Å². The summed E-state index contributed by atoms with van der Waals surface area (Å²) in [6, 6.07) is 1.85. The molecule has 5 heteroatoms. The summed E-state index contributed by atoms with van der Waals surface area (Å²) in [6.45, 7) is 0. The molecule has 2 atom stereocenters. The number of carboxylic acids is 1. The molecule has 1 aliphatic rings. The highest BCUT2D eigenvalue weighted by Gasteiger charge is 2.28. The SMILES string of the molecule is O=C(O)C1CCCC(c2c[nH]c3sccc23)N1. The monoisotopic (exact) mass is 250 g/mol. The van der Waals surface area contributed by atoms with Gasteiger partial charge in [-0.2, -0.15) is 0 Å². The molecule has 90 valence electrons. The van der Waals surface area contributed by atoms with Crippen LogP contribution in [0.4, 0.5) is 0 Å². The minimum atomic E-state index is -0.744. The zero-order chi connectivity index (χ0) is 11.8. The van der Waals surface area contributed by atoms with Gasteiger partial charge in [0.05, 0.1) is 4.83 Å². The quantitative estimate of drug-likeness (QED) is 0.767. The summed E-state index contributed by atoms with van der Waals surface area (Å²) in [6.07, 6.45) is 4.70. The molecule has 0 aromatic carbocycles. The smallest absolute Gasteiger partial charge is 0.320 e. The zero-order valence-electron chi connectivity index (χ0n) is 9.27. The number of aromatic nitrogens is 1. The average Bonchev–Trinajstić information content (AvgIpc) is 2.90. The molecule has 2 aromatic heterocycles. The van der Waals surface area contributed by atoms with Crippen LogP contribution in [-0.2, 0) is 4.79 Å². The van der Waals surface area contributed by atoms with E-state index in [1.807, 2.05) is 6.20 Å². The van der Waals surface area contributed by atoms with Crippen LogP contribution >= 0.6 is 11.3 Å². The molecule has 0 aliphatic carbocycles. The number of nitrogens with one attached hydrogen (secondary N) is 2. The Kier molecular flexibility index (Phi) is 2.64. The van der Waals surface area contributed by atoms with Crippen molar-refractivity contribution in [1.82, 2.24) is 10.3 Å². The minimum Gasteiger partial charge on any atom is -0.480 e. The molecule has 1 saturated heterocycles. The van der Waals surface area contributed by atoms with E-state index in [1.165, 1.54) is 15.8 Å². The first-order valence-electron chi connectivity index (χ1n) is 5.79. The molecule has 1 fully saturated rings. The van der Waals surface area contributed by atoms with Crippen LogP contribution in [0.3, 0.4) is 0 Å². The Balaban J connectivity index is 1.89. The lowest BCUT2D eigenvalue weighted by atomic mass is 9.94. The van der Waals surface area contributed by atoms with Crippen molar-refractivity contribution >= 4 is 27.5 Å². The largest absolute Gasteiger partial charge is 0.480 e. The predicted octanol–water partition coefficient (Wildman–Crippen LogP) is 2.50. The maximum atomic E-state index is 11.0. The second-order valence-corrected chi connectivity index (χ2v) is 5.36. The first-order chi connectivity index (χ1) is 8.25. The maximum absolute atomic E-state index is 11.0. The van der Waals surface area contributed by atoms with Gasteiger partial charge in [0.1, 0.15) is 6.04 Å². The summed E-state index contributed by atoms with van der Waals surface area (Å²) in [4.78, 5) is 15.4. The number of rotatable bonds is 2. The van der Waals surface area contributed by atoms with E-state index < -0.39 is 12.0 Å². The number of fused-ring (bicyclic) bond motifs is 1. The fourth-order valence-corrected chi connectivity index (χ4v) is 3.31. The molecule has 3 heterocycles. The van der Waals surface area contributed by atoms with Crippen LogP contribution in [0.1, 0.15) is 30.9 Å². The molecular formula is C12H14N2O2S. The lowest BCUT2D eigenvalue weighted by molar-refractivity contribution is -0.140. The molecule has 1 aliphatic heterocycles. The lowest BCUT2D eigenvalue weighted by Crippen LogP contribution is -2.42. The zero-order valence-corrected chi connectivity index (χ0v) is 10.1. The molecule has 4 nitrogen and oxygen atoms in total. The van der Waals surface area contributed by atoms with Gasteiger partial charge in [0.25, 0.3) is 0 Å². The number of aliphatic carboxylic acids is 1. The molecular weight excluding hydrogens is 236 g/mol. The van der Waals surface area contributed by atoms with Gasteiger partial charge in [0.15, 0.2) is 0 Å². The average molecular weight is 250 g/mol. The molecule has 0 amide bonds. The van der Waals surface area contributed by atoms with Crippen LogP contribution in [0.2, 0.25) is 0 Å². The first-order valence-corrected chi connectivity index (χ1v) is 6.67. The highest BCUT2D eigenvalue weighted by Crippen LogP contribution is 2.32. The summed E-state index contributed by atoms with van der Waals surface area (Å²) in [5.41, 5.74) is 1.20. The van der Waals surface area contributed by atoms with Gasteiger partial charge in [-0.25, -0.2) is 0 Å². The number of piperidine rings is 1. The molecule has 17 heavy (non-hydrogen) atoms. The molecule has 0 radical (unpaired) electrons. The molecule has 2 unspecified atom stereocenters. The Labute approximate surface area is 103 Å². The number of carbonyl (C=O) groups is 1. The summed E-state index contributed by atoms with van der Waals surface area (Å²) < 4.78 is 0. The van der Waals surface area contributed by atoms with Crippen LogP contribution in [0.5, 0.6) is 0 Å². The minimum absolute atomic E-state index is 0.160. The molecule has 2 aromatic rings. The summed E-state index contributed by atoms with van der Waals surface area (Å²) in [5.74, 6) is -0.744. The Morgan fingerprint density at radius 1 is 1.47 bits per heavy atom. The molecule has 0 spiro atoms. The molecule has 0 bridgehead atoms. The number of H-pyrrole nitrogens is 1. The van der Waals surface area contributed by atoms with Crippen LogP contribution < -0.4 is 5.32 Å². The first kappa shape index (κ1) is 10.8. The highest BCUT2D eigenvalue weighted by atomic mass is 32.1. The molecule has 0 saturated carbocycles. The topological polar surface area (TPSA) is 65.1 Å². The van der Waals surface area contributed by atoms with Crippen molar-refractivity contribution in [3.63, 3.8) is 0 Å². The summed E-state index contributed by atoms with van der Waals surface area (Å²) in [5, 5.41) is 15.6. The van der Waals surface area contributed by atoms with Gasteiger partial charge >= 0.3 is 5.97 Å². The predicted molar refractivity (Wildman–Crippen MR) is 67.3 cm³/mol. The van der Waals surface area contributed by atoms with E-state index in [0.717, 1.165) is 19.3 Å². The fourth-order valence-electron chi connectivity index (χ4n) is 2.53. The van der Waals surface area contributed by atoms with Crippen LogP contribution in [0, 0.1) is 0 Å². The van der Waals surface area contributed by atoms with Gasteiger partial charge in [-0.15, -0.1) is 11.3 Å². The number of carboxylic acid groups (broad SMARTS) is 1. The Bertz CT molecular complexity index is 545. The van der Waals surface area contributed by atoms with Gasteiger partial charge < -0.3 is 10.1 Å². The Morgan fingerprint density at radius 2 is 2.35 bits per heavy atom. The van der Waals surface area contributed by atoms with E-state index in [0.29, 0.717) is 0 Å². The number of hydrogen-bond acceptors (Lipinski definition) is 3.